The van der Waals surface area contributed by atoms with Gasteiger partial charge in [-0.25, -0.2) is 0 Å². The number of hydrogen-bond acceptors (Lipinski definition) is 3. The van der Waals surface area contributed by atoms with Crippen LogP contribution in [0.2, 0.25) is 5.02 Å². The number of halogens is 2. The molecule has 1 aromatic heterocycles. The fourth-order valence-corrected chi connectivity index (χ4v) is 5.39. The molecule has 1 saturated heterocycles. The number of aromatic nitrogens is 1. The van der Waals surface area contributed by atoms with Gasteiger partial charge in [-0.3, -0.25) is 9.69 Å². The van der Waals surface area contributed by atoms with Crippen molar-refractivity contribution in [3.8, 4) is 0 Å². The Bertz CT molecular complexity index is 1360. The highest BCUT2D eigenvalue weighted by Gasteiger charge is 2.19. The lowest BCUT2D eigenvalue weighted by Gasteiger charge is -2.37. The van der Waals surface area contributed by atoms with E-state index in [1.54, 1.807) is 0 Å². The average Bonchev–Trinajstić information content (AvgIpc) is 3.17. The molecule has 1 aliphatic heterocycles. The second kappa shape index (κ2) is 11.5. The maximum atomic E-state index is 12.8. The third-order valence-electron chi connectivity index (χ3n) is 7.32. The number of fused-ring (bicyclic) bond motifs is 3. The molecule has 1 aliphatic rings. The highest BCUT2D eigenvalue weighted by Crippen LogP contribution is 2.29. The standard InChI is InChI=1S/C29H33ClN4O.ClH/c1-21-25(30)9-7-11-26(21)34-18-16-33(17-19-34)15-6-5-14-31-29(35)22-12-13-24-23-8-3-4-10-27(23)32(2)28(24)20-22;/h3-4,7-13,20H,5-6,14-19H2,1-2H3,(H,31,35);1H. The topological polar surface area (TPSA) is 40.5 Å². The van der Waals surface area contributed by atoms with Gasteiger partial charge < -0.3 is 14.8 Å². The van der Waals surface area contributed by atoms with Crippen molar-refractivity contribution in [1.82, 2.24) is 14.8 Å². The summed E-state index contributed by atoms with van der Waals surface area (Å²) < 4.78 is 2.16. The van der Waals surface area contributed by atoms with E-state index in [0.717, 1.165) is 67.2 Å². The van der Waals surface area contributed by atoms with Gasteiger partial charge in [0.2, 0.25) is 0 Å². The minimum Gasteiger partial charge on any atom is -0.369 e. The molecule has 2 heterocycles. The zero-order chi connectivity index (χ0) is 24.4. The van der Waals surface area contributed by atoms with Crippen LogP contribution in [0.4, 0.5) is 5.69 Å². The molecule has 36 heavy (non-hydrogen) atoms. The van der Waals surface area contributed by atoms with Crippen molar-refractivity contribution < 1.29 is 4.79 Å². The first kappa shape index (κ1) is 26.3. The van der Waals surface area contributed by atoms with Crippen molar-refractivity contribution in [1.29, 1.82) is 0 Å². The van der Waals surface area contributed by atoms with E-state index in [-0.39, 0.29) is 18.3 Å². The molecule has 1 N–H and O–H groups in total. The molecule has 5 rings (SSSR count). The van der Waals surface area contributed by atoms with E-state index >= 15 is 0 Å². The molecule has 0 saturated carbocycles. The summed E-state index contributed by atoms with van der Waals surface area (Å²) in [5.41, 5.74) is 5.41. The minimum absolute atomic E-state index is 0. The maximum absolute atomic E-state index is 12.8. The van der Waals surface area contributed by atoms with Gasteiger partial charge in [-0.1, -0.05) is 41.9 Å². The molecule has 1 fully saturated rings. The van der Waals surface area contributed by atoms with Crippen LogP contribution in [0.1, 0.15) is 28.8 Å². The summed E-state index contributed by atoms with van der Waals surface area (Å²) in [7, 11) is 2.06. The van der Waals surface area contributed by atoms with Crippen LogP contribution in [0.3, 0.4) is 0 Å². The van der Waals surface area contributed by atoms with Gasteiger partial charge in [0, 0.05) is 77.9 Å². The number of rotatable bonds is 7. The lowest BCUT2D eigenvalue weighted by molar-refractivity contribution is 0.0952. The fourth-order valence-electron chi connectivity index (χ4n) is 5.22. The van der Waals surface area contributed by atoms with Crippen molar-refractivity contribution in [2.75, 3.05) is 44.2 Å². The monoisotopic (exact) mass is 524 g/mol. The molecular formula is C29H34Cl2N4O. The Morgan fingerprint density at radius 2 is 1.67 bits per heavy atom. The minimum atomic E-state index is 0. The summed E-state index contributed by atoms with van der Waals surface area (Å²) in [6, 6.07) is 20.5. The highest BCUT2D eigenvalue weighted by atomic mass is 35.5. The average molecular weight is 526 g/mol. The predicted molar refractivity (Wildman–Crippen MR) is 154 cm³/mol. The predicted octanol–water partition coefficient (Wildman–Crippen LogP) is 6.05. The quantitative estimate of drug-likeness (QED) is 0.299. The van der Waals surface area contributed by atoms with Gasteiger partial charge in [0.05, 0.1) is 0 Å². The van der Waals surface area contributed by atoms with Crippen LogP contribution < -0.4 is 10.2 Å². The van der Waals surface area contributed by atoms with Gasteiger partial charge in [-0.05, 0) is 62.2 Å². The van der Waals surface area contributed by atoms with Crippen LogP contribution in [0, 0.1) is 6.92 Å². The molecule has 0 unspecified atom stereocenters. The zero-order valence-corrected chi connectivity index (χ0v) is 22.5. The van der Waals surface area contributed by atoms with Crippen LogP contribution >= 0.6 is 24.0 Å². The second-order valence-electron chi connectivity index (χ2n) is 9.48. The highest BCUT2D eigenvalue weighted by molar-refractivity contribution is 6.31. The number of carbonyl (C=O) groups is 1. The van der Waals surface area contributed by atoms with Crippen LogP contribution in [-0.4, -0.2) is 54.6 Å². The molecule has 3 aromatic carbocycles. The third kappa shape index (κ3) is 5.34. The van der Waals surface area contributed by atoms with Gasteiger partial charge in [-0.15, -0.1) is 12.4 Å². The number of aryl methyl sites for hydroxylation is 1. The number of benzene rings is 3. The van der Waals surface area contributed by atoms with Crippen molar-refractivity contribution >= 4 is 57.4 Å². The van der Waals surface area contributed by atoms with Crippen LogP contribution in [0.15, 0.2) is 60.7 Å². The lowest BCUT2D eigenvalue weighted by atomic mass is 10.1. The molecule has 5 nitrogen and oxygen atoms in total. The molecule has 0 radical (unpaired) electrons. The largest absolute Gasteiger partial charge is 0.369 e. The van der Waals surface area contributed by atoms with Crippen molar-refractivity contribution in [3.05, 3.63) is 76.8 Å². The Labute approximate surface area is 224 Å². The molecule has 0 atom stereocenters. The SMILES string of the molecule is Cc1c(Cl)cccc1N1CCN(CCCCNC(=O)c2ccc3c4ccccc4n(C)c3c2)CC1.Cl. The van der Waals surface area contributed by atoms with Crippen LogP contribution in [-0.2, 0) is 7.05 Å². The van der Waals surface area contributed by atoms with Gasteiger partial charge >= 0.3 is 0 Å². The molecule has 0 spiro atoms. The van der Waals surface area contributed by atoms with Crippen LogP contribution in [0.25, 0.3) is 21.8 Å². The number of amides is 1. The van der Waals surface area contributed by atoms with E-state index < -0.39 is 0 Å². The summed E-state index contributed by atoms with van der Waals surface area (Å²) in [4.78, 5) is 17.7. The molecule has 190 valence electrons. The Balaban J connectivity index is 0.00000304. The Morgan fingerprint density at radius 1 is 0.917 bits per heavy atom. The summed E-state index contributed by atoms with van der Waals surface area (Å²) in [6.45, 7) is 8.03. The van der Waals surface area contributed by atoms with Gasteiger partial charge in [0.1, 0.15) is 0 Å². The molecular weight excluding hydrogens is 491 g/mol. The van der Waals surface area contributed by atoms with Crippen molar-refractivity contribution in [3.63, 3.8) is 0 Å². The number of nitrogens with zero attached hydrogens (tertiary/aromatic N) is 3. The molecule has 4 aromatic rings. The van der Waals surface area contributed by atoms with E-state index in [4.69, 9.17) is 11.6 Å². The number of anilines is 1. The first-order valence-electron chi connectivity index (χ1n) is 12.5. The number of piperazine rings is 1. The van der Waals surface area contributed by atoms with E-state index in [0.29, 0.717) is 6.54 Å². The van der Waals surface area contributed by atoms with Gasteiger partial charge in [0.25, 0.3) is 5.91 Å². The normalized spacial score (nSPS) is 14.2. The molecule has 0 bridgehead atoms. The third-order valence-corrected chi connectivity index (χ3v) is 7.73. The lowest BCUT2D eigenvalue weighted by Crippen LogP contribution is -2.46. The molecule has 0 aliphatic carbocycles. The Hall–Kier alpha value is -2.73. The molecule has 7 heteroatoms. The fraction of sp³-hybridized carbons (Fsp3) is 0.345. The van der Waals surface area contributed by atoms with Crippen LogP contribution in [0.5, 0.6) is 0 Å². The van der Waals surface area contributed by atoms with E-state index in [1.165, 1.54) is 22.0 Å². The summed E-state index contributed by atoms with van der Waals surface area (Å²) in [6.07, 6.45) is 2.06. The number of carbonyl (C=O) groups excluding carboxylic acids is 1. The number of para-hydroxylation sites is 1. The number of unbranched alkanes of at least 4 members (excludes halogenated alkanes) is 1. The Morgan fingerprint density at radius 3 is 2.47 bits per heavy atom. The zero-order valence-electron chi connectivity index (χ0n) is 21.0. The number of nitrogens with one attached hydrogen (secondary N) is 1. The van der Waals surface area contributed by atoms with Crippen molar-refractivity contribution in [2.45, 2.75) is 19.8 Å². The summed E-state index contributed by atoms with van der Waals surface area (Å²) in [5, 5.41) is 6.35. The summed E-state index contributed by atoms with van der Waals surface area (Å²) in [5.74, 6) is 0.00246. The van der Waals surface area contributed by atoms with Crippen molar-refractivity contribution in [2.24, 2.45) is 7.05 Å². The molecule has 1 amide bonds. The van der Waals surface area contributed by atoms with Gasteiger partial charge in [-0.2, -0.15) is 0 Å². The van der Waals surface area contributed by atoms with Gasteiger partial charge in [0.15, 0.2) is 0 Å². The van der Waals surface area contributed by atoms with E-state index in [1.807, 2.05) is 24.3 Å². The smallest absolute Gasteiger partial charge is 0.251 e. The first-order valence-corrected chi connectivity index (χ1v) is 12.9. The summed E-state index contributed by atoms with van der Waals surface area (Å²) >= 11 is 6.30. The van der Waals surface area contributed by atoms with E-state index in [9.17, 15) is 4.79 Å². The van der Waals surface area contributed by atoms with E-state index in [2.05, 4.69) is 70.1 Å². The first-order chi connectivity index (χ1) is 17.0. The second-order valence-corrected chi connectivity index (χ2v) is 9.89. The Kier molecular flexibility index (Phi) is 8.45. The maximum Gasteiger partial charge on any atom is 0.251 e. The number of hydrogen-bond donors (Lipinski definition) is 1.